The fourth-order valence-electron chi connectivity index (χ4n) is 5.75. The third kappa shape index (κ3) is 0.913. The molecule has 0 amide bonds. The van der Waals surface area contributed by atoms with Gasteiger partial charge in [0.25, 0.3) is 0 Å². The van der Waals surface area contributed by atoms with E-state index >= 15 is 0 Å². The van der Waals surface area contributed by atoms with Gasteiger partial charge in [-0.15, -0.1) is 0 Å². The molecule has 3 heterocycles. The fraction of sp³-hybridized carbons (Fsp3) is 0.875. The van der Waals surface area contributed by atoms with Gasteiger partial charge in [0, 0.05) is 10.8 Å². The second kappa shape index (κ2) is 2.81. The first-order valence-electron chi connectivity index (χ1n) is 7.58. The van der Waals surface area contributed by atoms with Crippen molar-refractivity contribution in [3.63, 3.8) is 0 Å². The van der Waals surface area contributed by atoms with Gasteiger partial charge in [-0.3, -0.25) is 0 Å². The van der Waals surface area contributed by atoms with Crippen molar-refractivity contribution in [1.29, 1.82) is 0 Å². The quantitative estimate of drug-likeness (QED) is 0.496. The molecule has 1 saturated carbocycles. The van der Waals surface area contributed by atoms with Gasteiger partial charge in [0.05, 0.1) is 24.9 Å². The standard InChI is InChI=1S/C16H22O3/c1-8-5-10-14(3,13-12(8)19-13)15(4)9(2)6-11(18-10)16(15)7-17-16/h5,9-13H,6-7H2,1-4H3/t9-,10?,11?,12+,13+,14-,15-,16+/m1/s1. The largest absolute Gasteiger partial charge is 0.367 e. The molecular weight excluding hydrogens is 240 g/mol. The van der Waals surface area contributed by atoms with Crippen LogP contribution < -0.4 is 0 Å². The Balaban J connectivity index is 1.73. The van der Waals surface area contributed by atoms with Gasteiger partial charge in [0.1, 0.15) is 11.7 Å². The molecule has 0 N–H and O–H groups in total. The van der Waals surface area contributed by atoms with E-state index in [1.54, 1.807) is 0 Å². The Kier molecular flexibility index (Phi) is 1.67. The molecule has 3 saturated heterocycles. The van der Waals surface area contributed by atoms with Gasteiger partial charge >= 0.3 is 0 Å². The molecule has 2 aliphatic carbocycles. The molecule has 19 heavy (non-hydrogen) atoms. The van der Waals surface area contributed by atoms with Crippen LogP contribution in [0.4, 0.5) is 0 Å². The summed E-state index contributed by atoms with van der Waals surface area (Å²) in [4.78, 5) is 0. The van der Waals surface area contributed by atoms with Gasteiger partial charge in [-0.25, -0.2) is 0 Å². The number of fused-ring (bicyclic) bond motifs is 4. The van der Waals surface area contributed by atoms with Crippen molar-refractivity contribution < 1.29 is 14.2 Å². The molecule has 4 fully saturated rings. The van der Waals surface area contributed by atoms with E-state index in [2.05, 4.69) is 33.8 Å². The number of rotatable bonds is 0. The molecule has 2 bridgehead atoms. The Labute approximate surface area is 114 Å². The normalized spacial score (nSPS) is 68.4. The van der Waals surface area contributed by atoms with E-state index in [9.17, 15) is 0 Å². The van der Waals surface area contributed by atoms with Crippen LogP contribution in [-0.2, 0) is 14.2 Å². The van der Waals surface area contributed by atoms with Crippen LogP contribution in [0.1, 0.15) is 34.1 Å². The van der Waals surface area contributed by atoms with Crippen molar-refractivity contribution in [3.05, 3.63) is 11.6 Å². The summed E-state index contributed by atoms with van der Waals surface area (Å²) in [5.41, 5.74) is 1.56. The molecule has 0 aromatic heterocycles. The summed E-state index contributed by atoms with van der Waals surface area (Å²) in [5, 5.41) is 0. The molecule has 3 nitrogen and oxygen atoms in total. The van der Waals surface area contributed by atoms with Crippen molar-refractivity contribution >= 4 is 0 Å². The van der Waals surface area contributed by atoms with Crippen LogP contribution >= 0.6 is 0 Å². The predicted octanol–water partition coefficient (Wildman–Crippen LogP) is 2.30. The lowest BCUT2D eigenvalue weighted by Crippen LogP contribution is -2.65. The first kappa shape index (κ1) is 11.3. The van der Waals surface area contributed by atoms with Gasteiger partial charge in [-0.2, -0.15) is 0 Å². The molecule has 104 valence electrons. The summed E-state index contributed by atoms with van der Waals surface area (Å²) >= 11 is 0. The molecule has 1 spiro atoms. The summed E-state index contributed by atoms with van der Waals surface area (Å²) in [6.45, 7) is 10.3. The van der Waals surface area contributed by atoms with Crippen LogP contribution in [0.2, 0.25) is 0 Å². The molecule has 3 heteroatoms. The fourth-order valence-corrected chi connectivity index (χ4v) is 5.75. The maximum absolute atomic E-state index is 6.48. The highest BCUT2D eigenvalue weighted by Gasteiger charge is 2.83. The highest BCUT2D eigenvalue weighted by Crippen LogP contribution is 2.75. The van der Waals surface area contributed by atoms with E-state index in [0.717, 1.165) is 13.0 Å². The smallest absolute Gasteiger partial charge is 0.124 e. The number of hydrogen-bond donors (Lipinski definition) is 0. The van der Waals surface area contributed by atoms with Gasteiger partial charge in [0.2, 0.25) is 0 Å². The molecule has 0 radical (unpaired) electrons. The average Bonchev–Trinajstić information content (AvgIpc) is 3.22. The number of hydrogen-bond acceptors (Lipinski definition) is 3. The molecule has 2 unspecified atom stereocenters. The topological polar surface area (TPSA) is 34.3 Å². The Hall–Kier alpha value is -0.380. The maximum atomic E-state index is 6.48. The minimum Gasteiger partial charge on any atom is -0.367 e. The lowest BCUT2D eigenvalue weighted by Gasteiger charge is -2.56. The Bertz CT molecular complexity index is 508. The van der Waals surface area contributed by atoms with Crippen LogP contribution in [0, 0.1) is 16.7 Å². The monoisotopic (exact) mass is 262 g/mol. The van der Waals surface area contributed by atoms with E-state index in [0.29, 0.717) is 18.1 Å². The van der Waals surface area contributed by atoms with Crippen LogP contribution in [0.15, 0.2) is 11.6 Å². The van der Waals surface area contributed by atoms with Crippen molar-refractivity contribution in [2.45, 2.75) is 64.1 Å². The van der Waals surface area contributed by atoms with Crippen molar-refractivity contribution in [1.82, 2.24) is 0 Å². The molecule has 5 rings (SSSR count). The molecule has 3 aliphatic heterocycles. The number of epoxide rings is 2. The third-order valence-corrected chi connectivity index (χ3v) is 7.37. The van der Waals surface area contributed by atoms with Crippen molar-refractivity contribution in [3.8, 4) is 0 Å². The Morgan fingerprint density at radius 2 is 2.00 bits per heavy atom. The van der Waals surface area contributed by atoms with E-state index in [1.807, 2.05) is 0 Å². The van der Waals surface area contributed by atoms with Gasteiger partial charge in [0.15, 0.2) is 0 Å². The van der Waals surface area contributed by atoms with Crippen molar-refractivity contribution in [2.75, 3.05) is 6.61 Å². The van der Waals surface area contributed by atoms with Crippen molar-refractivity contribution in [2.24, 2.45) is 16.7 Å². The zero-order valence-electron chi connectivity index (χ0n) is 12.1. The zero-order chi connectivity index (χ0) is 13.2. The molecule has 0 aromatic carbocycles. The summed E-state index contributed by atoms with van der Waals surface area (Å²) in [5.74, 6) is 0.631. The van der Waals surface area contributed by atoms with Crippen LogP contribution in [0.25, 0.3) is 0 Å². The zero-order valence-corrected chi connectivity index (χ0v) is 12.1. The summed E-state index contributed by atoms with van der Waals surface area (Å²) < 4.78 is 18.5. The molecule has 8 atom stereocenters. The third-order valence-electron chi connectivity index (χ3n) is 7.37. The second-order valence-corrected chi connectivity index (χ2v) is 7.73. The second-order valence-electron chi connectivity index (χ2n) is 7.73. The summed E-state index contributed by atoms with van der Waals surface area (Å²) in [6.07, 6.45) is 4.60. The Morgan fingerprint density at radius 3 is 2.68 bits per heavy atom. The van der Waals surface area contributed by atoms with Gasteiger partial charge in [-0.05, 0) is 24.8 Å². The molecule has 0 aromatic rings. The minimum atomic E-state index is -0.0206. The average molecular weight is 262 g/mol. The van der Waals surface area contributed by atoms with E-state index in [-0.39, 0.29) is 28.6 Å². The van der Waals surface area contributed by atoms with E-state index in [4.69, 9.17) is 14.2 Å². The minimum absolute atomic E-state index is 0.0206. The van der Waals surface area contributed by atoms with Crippen LogP contribution in [0.5, 0.6) is 0 Å². The first-order valence-corrected chi connectivity index (χ1v) is 7.58. The highest BCUT2D eigenvalue weighted by atomic mass is 16.6. The van der Waals surface area contributed by atoms with Crippen LogP contribution in [-0.4, -0.2) is 36.6 Å². The lowest BCUT2D eigenvalue weighted by atomic mass is 9.50. The summed E-state index contributed by atoms with van der Waals surface area (Å²) in [6, 6.07) is 0. The first-order chi connectivity index (χ1) is 8.95. The maximum Gasteiger partial charge on any atom is 0.124 e. The molecular formula is C16H22O3. The van der Waals surface area contributed by atoms with Gasteiger partial charge < -0.3 is 14.2 Å². The summed E-state index contributed by atoms with van der Waals surface area (Å²) in [7, 11) is 0. The predicted molar refractivity (Wildman–Crippen MR) is 69.8 cm³/mol. The lowest BCUT2D eigenvalue weighted by molar-refractivity contribution is -0.199. The SMILES string of the molecule is CC1=CC2OC3C[C@@H](C)[C@@](C)([C@]34CO4)[C@@]2(C)[C@H]2O[C@@H]12. The van der Waals surface area contributed by atoms with E-state index < -0.39 is 0 Å². The number of ether oxygens (including phenoxy) is 3. The van der Waals surface area contributed by atoms with Crippen LogP contribution in [0.3, 0.4) is 0 Å². The van der Waals surface area contributed by atoms with E-state index in [1.165, 1.54) is 5.57 Å². The Morgan fingerprint density at radius 1 is 1.26 bits per heavy atom. The van der Waals surface area contributed by atoms with Gasteiger partial charge in [-0.1, -0.05) is 26.8 Å². The highest BCUT2D eigenvalue weighted by molar-refractivity contribution is 5.37. The molecule has 5 aliphatic rings.